The summed E-state index contributed by atoms with van der Waals surface area (Å²) in [6.07, 6.45) is 3.75. The number of aliphatic hydroxyl groups excluding tert-OH is 1. The summed E-state index contributed by atoms with van der Waals surface area (Å²) in [7, 11) is 0. The lowest BCUT2D eigenvalue weighted by atomic mass is 10.1. The van der Waals surface area contributed by atoms with E-state index >= 15 is 0 Å². The van der Waals surface area contributed by atoms with Crippen LogP contribution in [0.5, 0.6) is 0 Å². The Morgan fingerprint density at radius 2 is 2.00 bits per heavy atom. The second kappa shape index (κ2) is 6.74. The molecule has 1 aliphatic rings. The molecule has 0 unspecified atom stereocenters. The quantitative estimate of drug-likeness (QED) is 0.769. The van der Waals surface area contributed by atoms with Crippen LogP contribution < -0.4 is 0 Å². The largest absolute Gasteiger partial charge is 0.396 e. The Morgan fingerprint density at radius 3 is 2.76 bits per heavy atom. The molecule has 0 aliphatic carbocycles. The summed E-state index contributed by atoms with van der Waals surface area (Å²) in [5.74, 6) is 0. The van der Waals surface area contributed by atoms with Crippen LogP contribution in [0.3, 0.4) is 0 Å². The van der Waals surface area contributed by atoms with Crippen molar-refractivity contribution in [3.05, 3.63) is 35.9 Å². The Balaban J connectivity index is 1.71. The number of ether oxygens (including phenoxy) is 2. The van der Waals surface area contributed by atoms with Crippen LogP contribution in [0, 0.1) is 0 Å². The Kier molecular flexibility index (Phi) is 4.98. The zero-order chi connectivity index (χ0) is 11.9. The molecule has 3 heteroatoms. The summed E-state index contributed by atoms with van der Waals surface area (Å²) in [4.78, 5) is 0. The molecule has 1 aromatic carbocycles. The van der Waals surface area contributed by atoms with Crippen molar-refractivity contribution >= 4 is 0 Å². The first kappa shape index (κ1) is 12.6. The van der Waals surface area contributed by atoms with Crippen molar-refractivity contribution in [2.45, 2.75) is 38.1 Å². The first-order valence-corrected chi connectivity index (χ1v) is 6.30. The van der Waals surface area contributed by atoms with Crippen molar-refractivity contribution in [3.63, 3.8) is 0 Å². The summed E-state index contributed by atoms with van der Waals surface area (Å²) in [5.41, 5.74) is 1.24. The van der Waals surface area contributed by atoms with Crippen LogP contribution in [0.2, 0.25) is 0 Å². The molecule has 1 aliphatic heterocycles. The number of aliphatic hydroxyl groups is 1. The summed E-state index contributed by atoms with van der Waals surface area (Å²) in [6, 6.07) is 10.3. The fourth-order valence-electron chi connectivity index (χ4n) is 2.06. The molecule has 1 aromatic rings. The van der Waals surface area contributed by atoms with Gasteiger partial charge in [-0.05, 0) is 24.8 Å². The molecule has 2 atom stereocenters. The molecule has 0 spiro atoms. The van der Waals surface area contributed by atoms with Crippen molar-refractivity contribution in [3.8, 4) is 0 Å². The highest BCUT2D eigenvalue weighted by molar-refractivity contribution is 5.15. The molecule has 0 aromatic heterocycles. The van der Waals surface area contributed by atoms with Gasteiger partial charge in [-0.2, -0.15) is 0 Å². The molecular formula is C14H20O3. The highest BCUT2D eigenvalue weighted by Gasteiger charge is 2.25. The fourth-order valence-corrected chi connectivity index (χ4v) is 2.06. The van der Waals surface area contributed by atoms with Gasteiger partial charge >= 0.3 is 0 Å². The summed E-state index contributed by atoms with van der Waals surface area (Å²) < 4.78 is 11.4. The minimum atomic E-state index is -0.100. The number of hydrogen-bond donors (Lipinski definition) is 1. The molecule has 0 bridgehead atoms. The minimum absolute atomic E-state index is 0.100. The molecule has 1 N–H and O–H groups in total. The predicted molar refractivity (Wildman–Crippen MR) is 65.7 cm³/mol. The average molecular weight is 236 g/mol. The van der Waals surface area contributed by atoms with Crippen LogP contribution in [-0.2, 0) is 15.9 Å². The first-order chi connectivity index (χ1) is 8.38. The summed E-state index contributed by atoms with van der Waals surface area (Å²) >= 11 is 0. The average Bonchev–Trinajstić information content (AvgIpc) is 2.79. The highest BCUT2D eigenvalue weighted by Crippen LogP contribution is 2.19. The van der Waals surface area contributed by atoms with E-state index in [1.54, 1.807) is 0 Å². The van der Waals surface area contributed by atoms with Crippen LogP contribution in [0.25, 0.3) is 0 Å². The Bertz CT molecular complexity index is 313. The van der Waals surface area contributed by atoms with E-state index < -0.39 is 0 Å². The van der Waals surface area contributed by atoms with E-state index in [1.165, 1.54) is 5.56 Å². The fraction of sp³-hybridized carbons (Fsp3) is 0.571. The molecule has 0 amide bonds. The maximum atomic E-state index is 8.71. The topological polar surface area (TPSA) is 38.7 Å². The van der Waals surface area contributed by atoms with Gasteiger partial charge in [-0.1, -0.05) is 30.3 Å². The van der Waals surface area contributed by atoms with Crippen LogP contribution in [-0.4, -0.2) is 30.7 Å². The number of hydrogen-bond acceptors (Lipinski definition) is 3. The Hall–Kier alpha value is -0.900. The second-order valence-corrected chi connectivity index (χ2v) is 4.43. The lowest BCUT2D eigenvalue weighted by Crippen LogP contribution is -2.14. The normalized spacial score (nSPS) is 24.1. The van der Waals surface area contributed by atoms with E-state index in [-0.39, 0.29) is 19.0 Å². The molecular weight excluding hydrogens is 216 g/mol. The third-order valence-electron chi connectivity index (χ3n) is 2.99. The maximum Gasteiger partial charge on any atom is 0.162 e. The van der Waals surface area contributed by atoms with Crippen molar-refractivity contribution in [1.29, 1.82) is 0 Å². The molecule has 2 rings (SSSR count). The van der Waals surface area contributed by atoms with Gasteiger partial charge < -0.3 is 14.6 Å². The Labute approximate surface area is 102 Å². The van der Waals surface area contributed by atoms with Gasteiger partial charge in [-0.25, -0.2) is 0 Å². The van der Waals surface area contributed by atoms with E-state index in [9.17, 15) is 0 Å². The van der Waals surface area contributed by atoms with Crippen LogP contribution >= 0.6 is 0 Å². The zero-order valence-electron chi connectivity index (χ0n) is 10.0. The molecule has 1 heterocycles. The van der Waals surface area contributed by atoms with Gasteiger partial charge in [0, 0.05) is 13.0 Å². The molecule has 0 saturated carbocycles. The second-order valence-electron chi connectivity index (χ2n) is 4.43. The Morgan fingerprint density at radius 1 is 1.18 bits per heavy atom. The number of benzene rings is 1. The van der Waals surface area contributed by atoms with Crippen LogP contribution in [0.15, 0.2) is 30.3 Å². The molecule has 17 heavy (non-hydrogen) atoms. The summed E-state index contributed by atoms with van der Waals surface area (Å²) in [5, 5.41) is 8.71. The maximum absolute atomic E-state index is 8.71. The van der Waals surface area contributed by atoms with E-state index in [0.29, 0.717) is 6.61 Å². The number of rotatable bonds is 6. The SMILES string of the molecule is OCCCC[C@@H]1CO[C@H](Cc2ccccc2)O1. The third kappa shape index (κ3) is 4.11. The van der Waals surface area contributed by atoms with Crippen molar-refractivity contribution in [1.82, 2.24) is 0 Å². The number of unbranched alkanes of at least 4 members (excludes halogenated alkanes) is 1. The standard InChI is InChI=1S/C14H20O3/c15-9-5-4-8-13-11-16-14(17-13)10-12-6-2-1-3-7-12/h1-3,6-7,13-15H,4-5,8-11H2/t13-,14+/m1/s1. The van der Waals surface area contributed by atoms with Crippen LogP contribution in [0.1, 0.15) is 24.8 Å². The molecule has 1 saturated heterocycles. The van der Waals surface area contributed by atoms with Crippen molar-refractivity contribution in [2.24, 2.45) is 0 Å². The van der Waals surface area contributed by atoms with E-state index in [4.69, 9.17) is 14.6 Å². The van der Waals surface area contributed by atoms with E-state index in [2.05, 4.69) is 12.1 Å². The van der Waals surface area contributed by atoms with E-state index in [1.807, 2.05) is 18.2 Å². The van der Waals surface area contributed by atoms with Gasteiger partial charge in [0.25, 0.3) is 0 Å². The molecule has 94 valence electrons. The highest BCUT2D eigenvalue weighted by atomic mass is 16.7. The minimum Gasteiger partial charge on any atom is -0.396 e. The lowest BCUT2D eigenvalue weighted by molar-refractivity contribution is -0.0570. The van der Waals surface area contributed by atoms with E-state index in [0.717, 1.165) is 25.7 Å². The van der Waals surface area contributed by atoms with Gasteiger partial charge in [0.2, 0.25) is 0 Å². The predicted octanol–water partition coefficient (Wildman–Crippen LogP) is 2.13. The van der Waals surface area contributed by atoms with Crippen LogP contribution in [0.4, 0.5) is 0 Å². The smallest absolute Gasteiger partial charge is 0.162 e. The van der Waals surface area contributed by atoms with Gasteiger partial charge in [0.15, 0.2) is 6.29 Å². The molecule has 3 nitrogen and oxygen atoms in total. The molecule has 0 radical (unpaired) electrons. The molecule has 1 fully saturated rings. The van der Waals surface area contributed by atoms with Crippen molar-refractivity contribution in [2.75, 3.05) is 13.2 Å². The van der Waals surface area contributed by atoms with Gasteiger partial charge in [0.1, 0.15) is 0 Å². The monoisotopic (exact) mass is 236 g/mol. The van der Waals surface area contributed by atoms with Crippen molar-refractivity contribution < 1.29 is 14.6 Å². The zero-order valence-corrected chi connectivity index (χ0v) is 10.0. The first-order valence-electron chi connectivity index (χ1n) is 6.30. The van der Waals surface area contributed by atoms with Gasteiger partial charge in [-0.3, -0.25) is 0 Å². The lowest BCUT2D eigenvalue weighted by Gasteiger charge is -2.11. The van der Waals surface area contributed by atoms with Gasteiger partial charge in [-0.15, -0.1) is 0 Å². The third-order valence-corrected chi connectivity index (χ3v) is 2.99. The summed E-state index contributed by atoms with van der Waals surface area (Å²) in [6.45, 7) is 0.948. The van der Waals surface area contributed by atoms with Gasteiger partial charge in [0.05, 0.1) is 12.7 Å².